The number of sulfonamides is 1. The van der Waals surface area contributed by atoms with Gasteiger partial charge in [-0.1, -0.05) is 17.7 Å². The average Bonchev–Trinajstić information content (AvgIpc) is 3.28. The number of hydrogen-bond acceptors (Lipinski definition) is 7. The molecular weight excluding hydrogens is 460 g/mol. The summed E-state index contributed by atoms with van der Waals surface area (Å²) >= 11 is 0. The van der Waals surface area contributed by atoms with Gasteiger partial charge in [-0.2, -0.15) is 4.31 Å². The van der Waals surface area contributed by atoms with Crippen molar-refractivity contribution in [1.29, 1.82) is 0 Å². The van der Waals surface area contributed by atoms with Crippen LogP contribution in [0.4, 0.5) is 5.69 Å². The van der Waals surface area contributed by atoms with Crippen LogP contribution in [-0.4, -0.2) is 37.2 Å². The van der Waals surface area contributed by atoms with E-state index in [0.29, 0.717) is 29.5 Å². The van der Waals surface area contributed by atoms with E-state index < -0.39 is 27.7 Å². The molecule has 1 saturated heterocycles. The summed E-state index contributed by atoms with van der Waals surface area (Å²) in [6.45, 7) is 3.22. The number of esters is 1. The van der Waals surface area contributed by atoms with Crippen molar-refractivity contribution < 1.29 is 27.2 Å². The number of amides is 1. The number of rotatable bonds is 6. The number of nitrogens with one attached hydrogen (secondary N) is 1. The van der Waals surface area contributed by atoms with Crippen LogP contribution in [0.3, 0.4) is 0 Å². The quantitative estimate of drug-likeness (QED) is 0.421. The van der Waals surface area contributed by atoms with Crippen molar-refractivity contribution in [2.75, 3.05) is 11.9 Å². The molecule has 0 spiro atoms. The van der Waals surface area contributed by atoms with E-state index in [1.807, 2.05) is 6.92 Å². The molecule has 10 heteroatoms. The number of anilines is 1. The molecule has 178 valence electrons. The zero-order valence-corrected chi connectivity index (χ0v) is 19.6. The zero-order valence-electron chi connectivity index (χ0n) is 18.7. The lowest BCUT2D eigenvalue weighted by atomic mass is 10.1. The molecule has 1 aliphatic heterocycles. The Hall–Kier alpha value is -3.50. The molecule has 1 aromatic heterocycles. The van der Waals surface area contributed by atoms with Crippen LogP contribution in [0.5, 0.6) is 0 Å². The lowest BCUT2D eigenvalue weighted by molar-refractivity contribution is -0.148. The molecule has 34 heavy (non-hydrogen) atoms. The molecule has 9 nitrogen and oxygen atoms in total. The Morgan fingerprint density at radius 2 is 1.88 bits per heavy atom. The number of hydrogen-bond donors (Lipinski definition) is 1. The van der Waals surface area contributed by atoms with Crippen LogP contribution in [-0.2, 0) is 31.0 Å². The molecule has 0 aliphatic carbocycles. The van der Waals surface area contributed by atoms with E-state index in [9.17, 15) is 22.8 Å². The molecule has 1 amide bonds. The van der Waals surface area contributed by atoms with Gasteiger partial charge in [-0.3, -0.25) is 9.59 Å². The van der Waals surface area contributed by atoms with Crippen LogP contribution in [0.2, 0.25) is 0 Å². The molecule has 1 N–H and O–H groups in total. The van der Waals surface area contributed by atoms with Crippen LogP contribution in [0.15, 0.2) is 62.6 Å². The van der Waals surface area contributed by atoms with Gasteiger partial charge < -0.3 is 14.5 Å². The van der Waals surface area contributed by atoms with Crippen LogP contribution in [0.25, 0.3) is 11.0 Å². The summed E-state index contributed by atoms with van der Waals surface area (Å²) in [7, 11) is -3.86. The Balaban J connectivity index is 1.53. The van der Waals surface area contributed by atoms with Gasteiger partial charge in [0.05, 0.1) is 4.90 Å². The van der Waals surface area contributed by atoms with Gasteiger partial charge in [0, 0.05) is 42.2 Å². The van der Waals surface area contributed by atoms with E-state index in [1.54, 1.807) is 24.3 Å². The van der Waals surface area contributed by atoms with Gasteiger partial charge in [0.15, 0.2) is 0 Å². The SMILES string of the molecule is CC(=O)Nc1ccc2c(COC(=O)[C@@H]3CCCN3S(=O)(=O)c3ccc(C)cc3)cc(=O)oc2c1. The van der Waals surface area contributed by atoms with Crippen molar-refractivity contribution in [3.05, 3.63) is 70.1 Å². The van der Waals surface area contributed by atoms with Crippen molar-refractivity contribution in [3.63, 3.8) is 0 Å². The molecule has 4 rings (SSSR count). The molecule has 0 radical (unpaired) electrons. The fraction of sp³-hybridized carbons (Fsp3) is 0.292. The van der Waals surface area contributed by atoms with Crippen LogP contribution >= 0.6 is 0 Å². The normalized spacial score (nSPS) is 16.5. The lowest BCUT2D eigenvalue weighted by Crippen LogP contribution is -2.41. The van der Waals surface area contributed by atoms with Crippen LogP contribution < -0.4 is 10.9 Å². The topological polar surface area (TPSA) is 123 Å². The Labute approximate surface area is 196 Å². The third-order valence-electron chi connectivity index (χ3n) is 5.62. The number of carbonyl (C=O) groups is 2. The predicted octanol–water partition coefficient (Wildman–Crippen LogP) is 2.96. The minimum Gasteiger partial charge on any atom is -0.460 e. The Morgan fingerprint density at radius 1 is 1.15 bits per heavy atom. The number of benzene rings is 2. The van der Waals surface area contributed by atoms with Crippen LogP contribution in [0, 0.1) is 6.92 Å². The van der Waals surface area contributed by atoms with E-state index >= 15 is 0 Å². The third kappa shape index (κ3) is 4.87. The van der Waals surface area contributed by atoms with Crippen molar-refractivity contribution in [2.24, 2.45) is 0 Å². The number of nitrogens with zero attached hydrogens (tertiary/aromatic N) is 1. The minimum absolute atomic E-state index is 0.124. The second-order valence-corrected chi connectivity index (χ2v) is 10.1. The Kier molecular flexibility index (Phi) is 6.54. The lowest BCUT2D eigenvalue weighted by Gasteiger charge is -2.23. The monoisotopic (exact) mass is 484 g/mol. The summed E-state index contributed by atoms with van der Waals surface area (Å²) in [5.41, 5.74) is 1.40. The van der Waals surface area contributed by atoms with Gasteiger partial charge >= 0.3 is 11.6 Å². The zero-order chi connectivity index (χ0) is 24.5. The summed E-state index contributed by atoms with van der Waals surface area (Å²) < 4.78 is 38.0. The highest BCUT2D eigenvalue weighted by Gasteiger charge is 2.40. The highest BCUT2D eigenvalue weighted by Crippen LogP contribution is 2.28. The summed E-state index contributed by atoms with van der Waals surface area (Å²) in [5, 5.41) is 3.15. The summed E-state index contributed by atoms with van der Waals surface area (Å²) in [5.74, 6) is -0.946. The summed E-state index contributed by atoms with van der Waals surface area (Å²) in [6.07, 6.45) is 0.885. The van der Waals surface area contributed by atoms with Crippen molar-refractivity contribution in [3.8, 4) is 0 Å². The maximum absolute atomic E-state index is 13.1. The van der Waals surface area contributed by atoms with Crippen molar-refractivity contribution in [1.82, 2.24) is 4.31 Å². The highest BCUT2D eigenvalue weighted by atomic mass is 32.2. The number of carbonyl (C=O) groups excluding carboxylic acids is 2. The second-order valence-electron chi connectivity index (χ2n) is 8.18. The fourth-order valence-electron chi connectivity index (χ4n) is 3.98. The van der Waals surface area contributed by atoms with Gasteiger partial charge in [-0.25, -0.2) is 13.2 Å². The molecule has 0 unspecified atom stereocenters. The van der Waals surface area contributed by atoms with Crippen LogP contribution in [0.1, 0.15) is 30.9 Å². The Bertz CT molecular complexity index is 1410. The van der Waals surface area contributed by atoms with E-state index in [-0.39, 0.29) is 29.5 Å². The third-order valence-corrected chi connectivity index (χ3v) is 7.55. The largest absolute Gasteiger partial charge is 0.460 e. The maximum Gasteiger partial charge on any atom is 0.336 e. The average molecular weight is 485 g/mol. The number of fused-ring (bicyclic) bond motifs is 1. The molecular formula is C24H24N2O7S. The van der Waals surface area contributed by atoms with Crippen molar-refractivity contribution in [2.45, 2.75) is 44.2 Å². The smallest absolute Gasteiger partial charge is 0.336 e. The fourth-order valence-corrected chi connectivity index (χ4v) is 5.63. The van der Waals surface area contributed by atoms with E-state index in [0.717, 1.165) is 5.56 Å². The van der Waals surface area contributed by atoms with Crippen molar-refractivity contribution >= 4 is 38.6 Å². The minimum atomic E-state index is -3.86. The summed E-state index contributed by atoms with van der Waals surface area (Å²) in [4.78, 5) is 36.3. The first kappa shape index (κ1) is 23.7. The van der Waals surface area contributed by atoms with E-state index in [2.05, 4.69) is 5.32 Å². The van der Waals surface area contributed by atoms with Gasteiger partial charge in [0.25, 0.3) is 0 Å². The highest BCUT2D eigenvalue weighted by molar-refractivity contribution is 7.89. The molecule has 1 atom stereocenters. The molecule has 2 heterocycles. The Morgan fingerprint density at radius 3 is 2.59 bits per heavy atom. The first-order valence-corrected chi connectivity index (χ1v) is 12.2. The molecule has 1 fully saturated rings. The molecule has 3 aromatic rings. The van der Waals surface area contributed by atoms with E-state index in [4.69, 9.17) is 9.15 Å². The molecule has 2 aromatic carbocycles. The first-order valence-electron chi connectivity index (χ1n) is 10.7. The second kappa shape index (κ2) is 9.40. The first-order chi connectivity index (χ1) is 16.1. The summed E-state index contributed by atoms with van der Waals surface area (Å²) in [6, 6.07) is 11.5. The molecule has 0 bridgehead atoms. The number of aryl methyl sites for hydroxylation is 1. The van der Waals surface area contributed by atoms with Gasteiger partial charge in [0.2, 0.25) is 15.9 Å². The standard InChI is InChI=1S/C24H24N2O7S/c1-15-5-8-19(9-6-15)34(30,31)26-11-3-4-21(26)24(29)32-14-17-12-23(28)33-22-13-18(25-16(2)27)7-10-20(17)22/h5-10,12-13,21H,3-4,11,14H2,1-2H3,(H,25,27)/t21-/m0/s1. The predicted molar refractivity (Wildman–Crippen MR) is 125 cm³/mol. The van der Waals surface area contributed by atoms with Gasteiger partial charge in [0.1, 0.15) is 18.2 Å². The van der Waals surface area contributed by atoms with E-state index in [1.165, 1.54) is 35.5 Å². The number of ether oxygens (including phenoxy) is 1. The van der Waals surface area contributed by atoms with Gasteiger partial charge in [-0.05, 0) is 44.0 Å². The molecule has 0 saturated carbocycles. The molecule has 1 aliphatic rings. The maximum atomic E-state index is 13.1. The van der Waals surface area contributed by atoms with Gasteiger partial charge in [-0.15, -0.1) is 0 Å².